The molecule has 8 heteroatoms. The van der Waals surface area contributed by atoms with Crippen LogP contribution in [0.15, 0.2) is 22.7 Å². The van der Waals surface area contributed by atoms with E-state index in [1.807, 2.05) is 0 Å². The third-order valence-electron chi connectivity index (χ3n) is 2.12. The van der Waals surface area contributed by atoms with Gasteiger partial charge in [0.25, 0.3) is 0 Å². The van der Waals surface area contributed by atoms with E-state index in [0.717, 1.165) is 0 Å². The van der Waals surface area contributed by atoms with Gasteiger partial charge in [0.1, 0.15) is 5.82 Å². The number of carbonyl (C=O) groups is 2. The fourth-order valence-electron chi connectivity index (χ4n) is 1.25. The molecule has 6 nitrogen and oxygen atoms in total. The summed E-state index contributed by atoms with van der Waals surface area (Å²) >= 11 is 3.08. The van der Waals surface area contributed by atoms with Crippen molar-refractivity contribution in [2.24, 2.45) is 0 Å². The van der Waals surface area contributed by atoms with E-state index in [1.54, 1.807) is 0 Å². The van der Waals surface area contributed by atoms with Crippen LogP contribution in [-0.4, -0.2) is 36.9 Å². The largest absolute Gasteiger partial charge is 0.480 e. The van der Waals surface area contributed by atoms with Gasteiger partial charge in [-0.15, -0.1) is 0 Å². The Morgan fingerprint density at radius 3 is 2.74 bits per heavy atom. The third-order valence-corrected chi connectivity index (χ3v) is 2.77. The second kappa shape index (κ2) is 7.05. The molecule has 0 aliphatic heterocycles. The van der Waals surface area contributed by atoms with Crippen LogP contribution in [0.4, 0.5) is 14.9 Å². The van der Waals surface area contributed by atoms with Crippen molar-refractivity contribution in [3.63, 3.8) is 0 Å². The quantitative estimate of drug-likeness (QED) is 0.766. The van der Waals surface area contributed by atoms with Crippen molar-refractivity contribution in [3.8, 4) is 0 Å². The first-order valence-corrected chi connectivity index (χ1v) is 5.97. The summed E-state index contributed by atoms with van der Waals surface area (Å²) in [5, 5.41) is 13.4. The predicted molar refractivity (Wildman–Crippen MR) is 69.6 cm³/mol. The highest BCUT2D eigenvalue weighted by Gasteiger charge is 2.19. The van der Waals surface area contributed by atoms with Gasteiger partial charge in [-0.25, -0.2) is 14.0 Å². The normalized spacial score (nSPS) is 11.7. The van der Waals surface area contributed by atoms with Crippen molar-refractivity contribution in [3.05, 3.63) is 28.5 Å². The molecule has 2 amide bonds. The average molecular weight is 335 g/mol. The molecule has 0 heterocycles. The molecular formula is C11H12BrFN2O4. The zero-order valence-corrected chi connectivity index (χ0v) is 11.5. The minimum absolute atomic E-state index is 0.159. The van der Waals surface area contributed by atoms with Crippen molar-refractivity contribution >= 4 is 33.6 Å². The number of rotatable bonds is 5. The van der Waals surface area contributed by atoms with E-state index in [9.17, 15) is 14.0 Å². The van der Waals surface area contributed by atoms with Crippen molar-refractivity contribution in [1.29, 1.82) is 0 Å². The van der Waals surface area contributed by atoms with Crippen LogP contribution in [0.1, 0.15) is 0 Å². The first-order valence-electron chi connectivity index (χ1n) is 5.18. The lowest BCUT2D eigenvalue weighted by atomic mass is 10.3. The Labute approximate surface area is 117 Å². The van der Waals surface area contributed by atoms with E-state index >= 15 is 0 Å². The molecule has 1 unspecified atom stereocenters. The van der Waals surface area contributed by atoms with Gasteiger partial charge in [0, 0.05) is 11.6 Å². The molecule has 0 bridgehead atoms. The number of amides is 2. The van der Waals surface area contributed by atoms with Crippen molar-refractivity contribution in [1.82, 2.24) is 5.32 Å². The van der Waals surface area contributed by atoms with Crippen LogP contribution < -0.4 is 10.6 Å². The second-order valence-corrected chi connectivity index (χ2v) is 4.42. The Hall–Kier alpha value is -1.67. The highest BCUT2D eigenvalue weighted by molar-refractivity contribution is 9.10. The number of urea groups is 1. The van der Waals surface area contributed by atoms with E-state index in [0.29, 0.717) is 10.2 Å². The predicted octanol–water partition coefficient (Wildman–Crippen LogP) is 1.81. The minimum Gasteiger partial charge on any atom is -0.480 e. The number of hydrogen-bond donors (Lipinski definition) is 3. The molecule has 0 aliphatic rings. The number of carboxylic acids is 1. The molecule has 0 aromatic heterocycles. The highest BCUT2D eigenvalue weighted by atomic mass is 79.9. The molecule has 0 radical (unpaired) electrons. The van der Waals surface area contributed by atoms with E-state index in [1.165, 1.54) is 25.3 Å². The molecule has 0 saturated heterocycles. The lowest BCUT2D eigenvalue weighted by Crippen LogP contribution is -2.45. The number of carbonyl (C=O) groups excluding carboxylic acids is 1. The summed E-state index contributed by atoms with van der Waals surface area (Å²) in [6.45, 7) is -0.159. The molecule has 0 aliphatic carbocycles. The number of hydrogen-bond acceptors (Lipinski definition) is 3. The van der Waals surface area contributed by atoms with Gasteiger partial charge >= 0.3 is 12.0 Å². The first-order chi connectivity index (χ1) is 8.93. The van der Waals surface area contributed by atoms with Crippen molar-refractivity contribution < 1.29 is 23.8 Å². The van der Waals surface area contributed by atoms with Crippen LogP contribution in [0.2, 0.25) is 0 Å². The van der Waals surface area contributed by atoms with Crippen LogP contribution in [0.5, 0.6) is 0 Å². The summed E-state index contributed by atoms with van der Waals surface area (Å²) in [5.74, 6) is -1.67. The van der Waals surface area contributed by atoms with Crippen molar-refractivity contribution in [2.75, 3.05) is 19.0 Å². The van der Waals surface area contributed by atoms with E-state index in [4.69, 9.17) is 5.11 Å². The molecule has 1 rings (SSSR count). The maximum atomic E-state index is 12.8. The Kier molecular flexibility index (Phi) is 5.71. The third kappa shape index (κ3) is 4.84. The lowest BCUT2D eigenvalue weighted by molar-refractivity contribution is -0.140. The molecule has 19 heavy (non-hydrogen) atoms. The number of aliphatic carboxylic acids is 1. The Morgan fingerprint density at radius 1 is 1.53 bits per heavy atom. The number of nitrogens with one attached hydrogen (secondary N) is 2. The van der Waals surface area contributed by atoms with Gasteiger partial charge < -0.3 is 20.5 Å². The number of methoxy groups -OCH3 is 1. The number of halogens is 2. The molecule has 1 atom stereocenters. The van der Waals surface area contributed by atoms with Gasteiger partial charge in [0.2, 0.25) is 0 Å². The maximum Gasteiger partial charge on any atom is 0.328 e. The van der Waals surface area contributed by atoms with Crippen LogP contribution in [-0.2, 0) is 9.53 Å². The molecule has 1 aromatic carbocycles. The maximum absolute atomic E-state index is 12.8. The molecule has 0 saturated carbocycles. The van der Waals surface area contributed by atoms with Gasteiger partial charge in [-0.1, -0.05) is 0 Å². The highest BCUT2D eigenvalue weighted by Crippen LogP contribution is 2.22. The van der Waals surface area contributed by atoms with E-state index in [2.05, 4.69) is 31.3 Å². The van der Waals surface area contributed by atoms with Gasteiger partial charge in [-0.2, -0.15) is 0 Å². The first kappa shape index (κ1) is 15.4. The zero-order valence-electron chi connectivity index (χ0n) is 9.94. The minimum atomic E-state index is -1.21. The Bertz CT molecular complexity index is 484. The number of anilines is 1. The fourth-order valence-corrected chi connectivity index (χ4v) is 1.70. The lowest BCUT2D eigenvalue weighted by Gasteiger charge is -2.14. The Morgan fingerprint density at radius 2 is 2.21 bits per heavy atom. The summed E-state index contributed by atoms with van der Waals surface area (Å²) in [5.41, 5.74) is 0.320. The van der Waals surface area contributed by atoms with Crippen LogP contribution in [0.25, 0.3) is 0 Å². The van der Waals surface area contributed by atoms with Crippen LogP contribution in [0, 0.1) is 5.82 Å². The number of benzene rings is 1. The van der Waals surface area contributed by atoms with E-state index in [-0.39, 0.29) is 6.61 Å². The molecule has 0 spiro atoms. The number of carboxylic acid groups (broad SMARTS) is 1. The standard InChI is InChI=1S/C11H12BrFN2O4/c1-19-5-9(10(16)17)15-11(18)14-8-3-2-6(13)4-7(8)12/h2-4,9H,5H2,1H3,(H,16,17)(H2,14,15,18). The summed E-state index contributed by atoms with van der Waals surface area (Å²) < 4.78 is 17.9. The van der Waals surface area contributed by atoms with Crippen LogP contribution >= 0.6 is 15.9 Å². The monoisotopic (exact) mass is 334 g/mol. The summed E-state index contributed by atoms with van der Waals surface area (Å²) in [4.78, 5) is 22.4. The fraction of sp³-hybridized carbons (Fsp3) is 0.273. The van der Waals surface area contributed by atoms with Gasteiger partial charge in [-0.05, 0) is 34.1 Å². The summed E-state index contributed by atoms with van der Waals surface area (Å²) in [7, 11) is 1.33. The topological polar surface area (TPSA) is 87.7 Å². The molecule has 104 valence electrons. The van der Waals surface area contributed by atoms with Crippen molar-refractivity contribution in [2.45, 2.75) is 6.04 Å². The van der Waals surface area contributed by atoms with Gasteiger partial charge in [-0.3, -0.25) is 0 Å². The second-order valence-electron chi connectivity index (χ2n) is 3.57. The van der Waals surface area contributed by atoms with E-state index < -0.39 is 23.9 Å². The number of ether oxygens (including phenoxy) is 1. The SMILES string of the molecule is COCC(NC(=O)Nc1ccc(F)cc1Br)C(=O)O. The summed E-state index contributed by atoms with van der Waals surface area (Å²) in [6, 6.07) is 1.82. The molecule has 0 fully saturated rings. The Balaban J connectivity index is 2.66. The molecule has 1 aromatic rings. The smallest absolute Gasteiger partial charge is 0.328 e. The van der Waals surface area contributed by atoms with Gasteiger partial charge in [0.05, 0.1) is 12.3 Å². The van der Waals surface area contributed by atoms with Gasteiger partial charge in [0.15, 0.2) is 6.04 Å². The van der Waals surface area contributed by atoms with Crippen LogP contribution in [0.3, 0.4) is 0 Å². The molecular weight excluding hydrogens is 323 g/mol. The average Bonchev–Trinajstić information content (AvgIpc) is 2.32. The summed E-state index contributed by atoms with van der Waals surface area (Å²) in [6.07, 6.45) is 0. The molecule has 3 N–H and O–H groups in total. The zero-order chi connectivity index (χ0) is 14.4.